The van der Waals surface area contributed by atoms with Gasteiger partial charge in [0.25, 0.3) is 0 Å². The summed E-state index contributed by atoms with van der Waals surface area (Å²) >= 11 is 0. The smallest absolute Gasteiger partial charge is 0.343 e. The van der Waals surface area contributed by atoms with Crippen LogP contribution in [0.15, 0.2) is 18.2 Å². The monoisotopic (exact) mass is 190 g/mol. The van der Waals surface area contributed by atoms with Crippen molar-refractivity contribution in [1.82, 2.24) is 0 Å². The average molecular weight is 190 g/mol. The van der Waals surface area contributed by atoms with E-state index in [2.05, 4.69) is 0 Å². The van der Waals surface area contributed by atoms with Gasteiger partial charge in [-0.15, -0.1) is 0 Å². The predicted molar refractivity (Wildman–Crippen MR) is 37.8 cm³/mol. The molecule has 13 heavy (non-hydrogen) atoms. The molecule has 0 spiro atoms. The molecular weight excluding hydrogens is 185 g/mol. The van der Waals surface area contributed by atoms with Gasteiger partial charge in [-0.3, -0.25) is 0 Å². The number of hydrogen-bond donors (Lipinski definition) is 1. The number of benzene rings is 1. The molecule has 0 radical (unpaired) electrons. The van der Waals surface area contributed by atoms with Crippen LogP contribution in [-0.2, 0) is 4.79 Å². The van der Waals surface area contributed by atoms with Gasteiger partial charge in [0.2, 0.25) is 6.17 Å². The van der Waals surface area contributed by atoms with Crippen LogP contribution in [0.25, 0.3) is 0 Å². The SMILES string of the molecule is O=C(O)C(F)c1c(F)cccc1F. The van der Waals surface area contributed by atoms with Gasteiger partial charge >= 0.3 is 5.97 Å². The normalized spacial score (nSPS) is 12.5. The quantitative estimate of drug-likeness (QED) is 0.774. The molecule has 0 aliphatic carbocycles. The summed E-state index contributed by atoms with van der Waals surface area (Å²) in [6.45, 7) is 0. The standard InChI is InChI=1S/C8H5F3O2/c9-4-2-1-3-5(10)6(4)7(11)8(12)13/h1-3,7H,(H,12,13). The molecule has 0 saturated heterocycles. The van der Waals surface area contributed by atoms with Crippen LogP contribution in [0.3, 0.4) is 0 Å². The molecular formula is C8H5F3O2. The first-order valence-corrected chi connectivity index (χ1v) is 3.35. The number of alkyl halides is 1. The van der Waals surface area contributed by atoms with Crippen molar-refractivity contribution in [2.24, 2.45) is 0 Å². The van der Waals surface area contributed by atoms with Crippen LogP contribution in [0.4, 0.5) is 13.2 Å². The lowest BCUT2D eigenvalue weighted by Gasteiger charge is -2.05. The third-order valence-electron chi connectivity index (χ3n) is 1.47. The Bertz CT molecular complexity index is 318. The van der Waals surface area contributed by atoms with Crippen LogP contribution in [0.5, 0.6) is 0 Å². The largest absolute Gasteiger partial charge is 0.479 e. The van der Waals surface area contributed by atoms with Crippen LogP contribution in [0, 0.1) is 11.6 Å². The number of hydrogen-bond acceptors (Lipinski definition) is 1. The Morgan fingerprint density at radius 2 is 1.77 bits per heavy atom. The Hall–Kier alpha value is -1.52. The topological polar surface area (TPSA) is 37.3 Å². The highest BCUT2D eigenvalue weighted by Gasteiger charge is 2.25. The summed E-state index contributed by atoms with van der Waals surface area (Å²) in [5.41, 5.74) is -1.06. The Morgan fingerprint density at radius 3 is 2.15 bits per heavy atom. The lowest BCUT2D eigenvalue weighted by molar-refractivity contribution is -0.143. The zero-order valence-corrected chi connectivity index (χ0v) is 6.30. The van der Waals surface area contributed by atoms with E-state index in [0.717, 1.165) is 18.2 Å². The molecule has 1 unspecified atom stereocenters. The highest BCUT2D eigenvalue weighted by Crippen LogP contribution is 2.23. The first-order chi connectivity index (χ1) is 6.04. The number of aliphatic carboxylic acids is 1. The Morgan fingerprint density at radius 1 is 1.31 bits per heavy atom. The molecule has 1 N–H and O–H groups in total. The van der Waals surface area contributed by atoms with Crippen LogP contribution in [0.2, 0.25) is 0 Å². The van der Waals surface area contributed by atoms with E-state index >= 15 is 0 Å². The summed E-state index contributed by atoms with van der Waals surface area (Å²) in [7, 11) is 0. The van der Waals surface area contributed by atoms with Gasteiger partial charge in [0.05, 0.1) is 5.56 Å². The molecule has 0 aromatic heterocycles. The molecule has 0 bridgehead atoms. The van der Waals surface area contributed by atoms with Gasteiger partial charge in [0, 0.05) is 0 Å². The Kier molecular flexibility index (Phi) is 2.55. The average Bonchev–Trinajstić information content (AvgIpc) is 2.03. The van der Waals surface area contributed by atoms with Gasteiger partial charge in [-0.05, 0) is 12.1 Å². The first-order valence-electron chi connectivity index (χ1n) is 3.35. The van der Waals surface area contributed by atoms with E-state index in [4.69, 9.17) is 5.11 Å². The van der Waals surface area contributed by atoms with E-state index in [1.165, 1.54) is 0 Å². The third-order valence-corrected chi connectivity index (χ3v) is 1.47. The maximum absolute atomic E-state index is 12.7. The van der Waals surface area contributed by atoms with Crippen LogP contribution in [0.1, 0.15) is 11.7 Å². The van der Waals surface area contributed by atoms with Crippen molar-refractivity contribution in [2.45, 2.75) is 6.17 Å². The second kappa shape index (κ2) is 3.47. The lowest BCUT2D eigenvalue weighted by atomic mass is 10.1. The van der Waals surface area contributed by atoms with Gasteiger partial charge < -0.3 is 5.11 Å². The molecule has 0 fully saturated rings. The van der Waals surface area contributed by atoms with Crippen molar-refractivity contribution in [3.8, 4) is 0 Å². The molecule has 1 rings (SSSR count). The minimum Gasteiger partial charge on any atom is -0.479 e. The molecule has 5 heteroatoms. The fourth-order valence-electron chi connectivity index (χ4n) is 0.876. The lowest BCUT2D eigenvalue weighted by Crippen LogP contribution is -2.10. The number of carboxylic acid groups (broad SMARTS) is 1. The van der Waals surface area contributed by atoms with Crippen LogP contribution < -0.4 is 0 Å². The van der Waals surface area contributed by atoms with Gasteiger partial charge in [0.1, 0.15) is 11.6 Å². The van der Waals surface area contributed by atoms with Crippen molar-refractivity contribution in [2.75, 3.05) is 0 Å². The molecule has 70 valence electrons. The Balaban J connectivity index is 3.20. The summed E-state index contributed by atoms with van der Waals surface area (Å²) in [6, 6.07) is 2.63. The fourth-order valence-corrected chi connectivity index (χ4v) is 0.876. The van der Waals surface area contributed by atoms with Crippen molar-refractivity contribution < 1.29 is 23.1 Å². The molecule has 1 atom stereocenters. The molecule has 0 amide bonds. The minimum atomic E-state index is -2.67. The van der Waals surface area contributed by atoms with E-state index in [9.17, 15) is 18.0 Å². The van der Waals surface area contributed by atoms with Gasteiger partial charge in [-0.25, -0.2) is 18.0 Å². The van der Waals surface area contributed by atoms with E-state index in [0.29, 0.717) is 0 Å². The van der Waals surface area contributed by atoms with Crippen LogP contribution >= 0.6 is 0 Å². The minimum absolute atomic E-state index is 0.800. The summed E-state index contributed by atoms with van der Waals surface area (Å²) in [5.74, 6) is -4.31. The molecule has 0 aliphatic heterocycles. The number of rotatable bonds is 2. The zero-order valence-electron chi connectivity index (χ0n) is 6.30. The highest BCUT2D eigenvalue weighted by atomic mass is 19.2. The van der Waals surface area contributed by atoms with E-state index < -0.39 is 29.3 Å². The van der Waals surface area contributed by atoms with Crippen molar-refractivity contribution >= 4 is 5.97 Å². The number of carbonyl (C=O) groups is 1. The second-order valence-corrected chi connectivity index (χ2v) is 2.34. The Labute approximate surface area is 71.6 Å². The predicted octanol–water partition coefficient (Wildman–Crippen LogP) is 2.06. The molecule has 0 saturated carbocycles. The maximum Gasteiger partial charge on any atom is 0.343 e. The zero-order chi connectivity index (χ0) is 10.0. The first kappa shape index (κ1) is 9.57. The van der Waals surface area contributed by atoms with Gasteiger partial charge in [-0.1, -0.05) is 6.07 Å². The highest BCUT2D eigenvalue weighted by molar-refractivity contribution is 5.74. The fraction of sp³-hybridized carbons (Fsp3) is 0.125. The maximum atomic E-state index is 12.7. The molecule has 1 aromatic rings. The summed E-state index contributed by atoms with van der Waals surface area (Å²) in [5, 5.41) is 8.18. The van der Waals surface area contributed by atoms with Crippen molar-refractivity contribution in [1.29, 1.82) is 0 Å². The summed E-state index contributed by atoms with van der Waals surface area (Å²) in [6.07, 6.45) is -2.67. The second-order valence-electron chi connectivity index (χ2n) is 2.34. The summed E-state index contributed by atoms with van der Waals surface area (Å²) in [4.78, 5) is 10.1. The molecule has 2 nitrogen and oxygen atoms in total. The number of halogens is 3. The summed E-state index contributed by atoms with van der Waals surface area (Å²) < 4.78 is 38.1. The van der Waals surface area contributed by atoms with Crippen molar-refractivity contribution in [3.05, 3.63) is 35.4 Å². The molecule has 1 aromatic carbocycles. The van der Waals surface area contributed by atoms with Crippen molar-refractivity contribution in [3.63, 3.8) is 0 Å². The molecule has 0 aliphatic rings. The van der Waals surface area contributed by atoms with Crippen LogP contribution in [-0.4, -0.2) is 11.1 Å². The van der Waals surface area contributed by atoms with Gasteiger partial charge in [-0.2, -0.15) is 0 Å². The van der Waals surface area contributed by atoms with Gasteiger partial charge in [0.15, 0.2) is 0 Å². The molecule has 0 heterocycles. The number of carboxylic acids is 1. The van der Waals surface area contributed by atoms with E-state index in [1.54, 1.807) is 0 Å². The third kappa shape index (κ3) is 1.80. The van der Waals surface area contributed by atoms with E-state index in [-0.39, 0.29) is 0 Å². The van der Waals surface area contributed by atoms with E-state index in [1.807, 2.05) is 0 Å².